The number of nitrogen functional groups attached to an aromatic ring is 1. The standard InChI is InChI=1S/C8H15N3O/c1-6(2)12-5-8-10-7(9)4-11(8)3/h4,6H,5,9H2,1-3H3. The topological polar surface area (TPSA) is 53.1 Å². The van der Waals surface area contributed by atoms with Gasteiger partial charge in [0, 0.05) is 13.2 Å². The Morgan fingerprint density at radius 3 is 2.75 bits per heavy atom. The summed E-state index contributed by atoms with van der Waals surface area (Å²) in [6.45, 7) is 4.50. The summed E-state index contributed by atoms with van der Waals surface area (Å²) >= 11 is 0. The van der Waals surface area contributed by atoms with Gasteiger partial charge in [-0.15, -0.1) is 0 Å². The average Bonchev–Trinajstić information content (AvgIpc) is 2.26. The monoisotopic (exact) mass is 169 g/mol. The normalized spacial score (nSPS) is 11.0. The fourth-order valence-electron chi connectivity index (χ4n) is 0.905. The van der Waals surface area contributed by atoms with E-state index < -0.39 is 0 Å². The first-order valence-corrected chi connectivity index (χ1v) is 3.99. The minimum Gasteiger partial charge on any atom is -0.382 e. The number of nitrogens with zero attached hydrogens (tertiary/aromatic N) is 2. The van der Waals surface area contributed by atoms with Gasteiger partial charge in [0.15, 0.2) is 0 Å². The molecule has 0 aliphatic rings. The van der Waals surface area contributed by atoms with Crippen molar-refractivity contribution in [2.24, 2.45) is 7.05 Å². The van der Waals surface area contributed by atoms with Crippen LogP contribution < -0.4 is 5.73 Å². The second-order valence-electron chi connectivity index (χ2n) is 3.05. The first kappa shape index (κ1) is 9.06. The molecule has 0 aliphatic heterocycles. The smallest absolute Gasteiger partial charge is 0.142 e. The Labute approximate surface area is 72.3 Å². The summed E-state index contributed by atoms with van der Waals surface area (Å²) < 4.78 is 7.26. The summed E-state index contributed by atoms with van der Waals surface area (Å²) in [7, 11) is 1.91. The lowest BCUT2D eigenvalue weighted by Gasteiger charge is -2.06. The molecule has 0 spiro atoms. The maximum Gasteiger partial charge on any atom is 0.142 e. The zero-order valence-corrected chi connectivity index (χ0v) is 7.74. The molecule has 0 bridgehead atoms. The second-order valence-corrected chi connectivity index (χ2v) is 3.05. The predicted molar refractivity (Wildman–Crippen MR) is 47.5 cm³/mol. The van der Waals surface area contributed by atoms with E-state index >= 15 is 0 Å². The lowest BCUT2D eigenvalue weighted by Crippen LogP contribution is -2.06. The van der Waals surface area contributed by atoms with Crippen LogP contribution in [0.2, 0.25) is 0 Å². The van der Waals surface area contributed by atoms with E-state index in [2.05, 4.69) is 4.98 Å². The van der Waals surface area contributed by atoms with Crippen molar-refractivity contribution in [1.82, 2.24) is 9.55 Å². The van der Waals surface area contributed by atoms with Crippen molar-refractivity contribution in [3.05, 3.63) is 12.0 Å². The molecule has 0 aromatic carbocycles. The second kappa shape index (κ2) is 3.58. The van der Waals surface area contributed by atoms with E-state index in [4.69, 9.17) is 10.5 Å². The minimum absolute atomic E-state index is 0.225. The number of imidazole rings is 1. The van der Waals surface area contributed by atoms with Gasteiger partial charge in [-0.25, -0.2) is 4.98 Å². The van der Waals surface area contributed by atoms with Gasteiger partial charge in [0.2, 0.25) is 0 Å². The lowest BCUT2D eigenvalue weighted by atomic mass is 10.5. The Balaban J connectivity index is 2.57. The highest BCUT2D eigenvalue weighted by molar-refractivity contribution is 5.25. The van der Waals surface area contributed by atoms with Gasteiger partial charge in [-0.05, 0) is 13.8 Å². The molecule has 0 saturated heterocycles. The SMILES string of the molecule is CC(C)OCc1nc(N)cn1C. The van der Waals surface area contributed by atoms with E-state index in [9.17, 15) is 0 Å². The molecule has 4 heteroatoms. The Bertz CT molecular complexity index is 255. The van der Waals surface area contributed by atoms with Crippen LogP contribution in [0.5, 0.6) is 0 Å². The largest absolute Gasteiger partial charge is 0.382 e. The molecule has 0 fully saturated rings. The molecular formula is C8H15N3O. The third-order valence-corrected chi connectivity index (χ3v) is 1.54. The molecule has 68 valence electrons. The van der Waals surface area contributed by atoms with E-state index in [1.807, 2.05) is 25.5 Å². The Morgan fingerprint density at radius 1 is 1.67 bits per heavy atom. The van der Waals surface area contributed by atoms with E-state index in [1.165, 1.54) is 0 Å². The van der Waals surface area contributed by atoms with Gasteiger partial charge in [0.25, 0.3) is 0 Å². The molecule has 1 heterocycles. The first-order valence-electron chi connectivity index (χ1n) is 3.99. The van der Waals surface area contributed by atoms with Crippen molar-refractivity contribution >= 4 is 5.82 Å². The molecule has 1 aromatic rings. The Hall–Kier alpha value is -1.03. The fourth-order valence-corrected chi connectivity index (χ4v) is 0.905. The van der Waals surface area contributed by atoms with Crippen molar-refractivity contribution in [2.45, 2.75) is 26.6 Å². The molecule has 0 saturated carbocycles. The first-order chi connectivity index (χ1) is 5.59. The molecule has 0 unspecified atom stereocenters. The number of anilines is 1. The van der Waals surface area contributed by atoms with Crippen molar-refractivity contribution in [1.29, 1.82) is 0 Å². The third kappa shape index (κ3) is 2.23. The van der Waals surface area contributed by atoms with Gasteiger partial charge in [0.1, 0.15) is 18.2 Å². The highest BCUT2D eigenvalue weighted by Crippen LogP contribution is 2.04. The summed E-state index contributed by atoms with van der Waals surface area (Å²) in [6, 6.07) is 0. The molecule has 4 nitrogen and oxygen atoms in total. The zero-order valence-electron chi connectivity index (χ0n) is 7.74. The van der Waals surface area contributed by atoms with E-state index in [0.29, 0.717) is 12.4 Å². The van der Waals surface area contributed by atoms with E-state index in [-0.39, 0.29) is 6.10 Å². The Kier molecular flexibility index (Phi) is 2.70. The number of aromatic nitrogens is 2. The minimum atomic E-state index is 0.225. The van der Waals surface area contributed by atoms with Crippen LogP contribution in [0.25, 0.3) is 0 Å². The molecular weight excluding hydrogens is 154 g/mol. The summed E-state index contributed by atoms with van der Waals surface area (Å²) in [6.07, 6.45) is 2.00. The quantitative estimate of drug-likeness (QED) is 0.732. The molecule has 1 aromatic heterocycles. The number of aryl methyl sites for hydroxylation is 1. The summed E-state index contributed by atoms with van der Waals surface area (Å²) in [5.41, 5.74) is 5.50. The van der Waals surface area contributed by atoms with Gasteiger partial charge >= 0.3 is 0 Å². The van der Waals surface area contributed by atoms with Gasteiger partial charge in [-0.1, -0.05) is 0 Å². The van der Waals surface area contributed by atoms with Crippen LogP contribution in [0.4, 0.5) is 5.82 Å². The molecule has 0 aliphatic carbocycles. The van der Waals surface area contributed by atoms with E-state index in [0.717, 1.165) is 5.82 Å². The van der Waals surface area contributed by atoms with Crippen molar-refractivity contribution in [3.8, 4) is 0 Å². The van der Waals surface area contributed by atoms with Crippen LogP contribution in [0, 0.1) is 0 Å². The summed E-state index contributed by atoms with van der Waals surface area (Å²) in [4.78, 5) is 4.10. The van der Waals surface area contributed by atoms with E-state index in [1.54, 1.807) is 6.20 Å². The molecule has 0 amide bonds. The zero-order chi connectivity index (χ0) is 9.14. The maximum atomic E-state index is 5.50. The van der Waals surface area contributed by atoms with Crippen molar-refractivity contribution in [3.63, 3.8) is 0 Å². The van der Waals surface area contributed by atoms with Crippen molar-refractivity contribution in [2.75, 3.05) is 5.73 Å². The number of ether oxygens (including phenoxy) is 1. The molecule has 0 atom stereocenters. The predicted octanol–water partition coefficient (Wildman–Crippen LogP) is 0.927. The lowest BCUT2D eigenvalue weighted by molar-refractivity contribution is 0.0600. The van der Waals surface area contributed by atoms with Crippen LogP contribution >= 0.6 is 0 Å². The fraction of sp³-hybridized carbons (Fsp3) is 0.625. The molecule has 2 N–H and O–H groups in total. The maximum absolute atomic E-state index is 5.50. The molecule has 0 radical (unpaired) electrons. The van der Waals surface area contributed by atoms with Crippen molar-refractivity contribution < 1.29 is 4.74 Å². The van der Waals surface area contributed by atoms with Gasteiger partial charge in [-0.3, -0.25) is 0 Å². The number of hydrogen-bond acceptors (Lipinski definition) is 3. The molecule has 1 rings (SSSR count). The average molecular weight is 169 g/mol. The van der Waals surface area contributed by atoms with Gasteiger partial charge in [-0.2, -0.15) is 0 Å². The van der Waals surface area contributed by atoms with Gasteiger partial charge < -0.3 is 15.0 Å². The van der Waals surface area contributed by atoms with Crippen LogP contribution in [0.3, 0.4) is 0 Å². The highest BCUT2D eigenvalue weighted by Gasteiger charge is 2.03. The molecule has 12 heavy (non-hydrogen) atoms. The van der Waals surface area contributed by atoms with Crippen LogP contribution in [-0.2, 0) is 18.4 Å². The van der Waals surface area contributed by atoms with Crippen LogP contribution in [0.1, 0.15) is 19.7 Å². The highest BCUT2D eigenvalue weighted by atomic mass is 16.5. The van der Waals surface area contributed by atoms with Gasteiger partial charge in [0.05, 0.1) is 6.10 Å². The number of rotatable bonds is 3. The number of nitrogens with two attached hydrogens (primary N) is 1. The third-order valence-electron chi connectivity index (χ3n) is 1.54. The van der Waals surface area contributed by atoms with Crippen LogP contribution in [0.15, 0.2) is 6.20 Å². The number of hydrogen-bond donors (Lipinski definition) is 1. The summed E-state index contributed by atoms with van der Waals surface area (Å²) in [5.74, 6) is 1.40. The van der Waals surface area contributed by atoms with Crippen LogP contribution in [-0.4, -0.2) is 15.7 Å². The summed E-state index contributed by atoms with van der Waals surface area (Å²) in [5, 5.41) is 0. The Morgan fingerprint density at radius 2 is 2.33 bits per heavy atom.